The second-order valence-corrected chi connectivity index (χ2v) is 2.91. The summed E-state index contributed by atoms with van der Waals surface area (Å²) in [7, 11) is 0. The van der Waals surface area contributed by atoms with E-state index in [0.717, 1.165) is 0 Å². The normalized spacial score (nSPS) is 9.31. The number of amides is 2. The van der Waals surface area contributed by atoms with Gasteiger partial charge in [0.05, 0.1) is 6.61 Å². The summed E-state index contributed by atoms with van der Waals surface area (Å²) < 4.78 is 5.27. The number of carbonyl (C=O) groups is 1. The van der Waals surface area contributed by atoms with Crippen molar-refractivity contribution in [2.24, 2.45) is 0 Å². The van der Waals surface area contributed by atoms with Gasteiger partial charge < -0.3 is 15.4 Å². The van der Waals surface area contributed by atoms with E-state index in [-0.39, 0.29) is 6.03 Å². The third-order valence-corrected chi connectivity index (χ3v) is 1.71. The molecule has 0 fully saturated rings. The zero-order valence-corrected chi connectivity index (χ0v) is 9.19. The first-order chi connectivity index (χ1) is 7.77. The van der Waals surface area contributed by atoms with Crippen molar-refractivity contribution in [3.05, 3.63) is 31.0 Å². The molecule has 0 unspecified atom stereocenters. The van der Waals surface area contributed by atoms with Crippen LogP contribution in [0.15, 0.2) is 31.0 Å². The first-order valence-corrected chi connectivity index (χ1v) is 5.01. The topological polar surface area (TPSA) is 63.2 Å². The van der Waals surface area contributed by atoms with Gasteiger partial charge in [-0.05, 0) is 19.1 Å². The molecule has 0 aliphatic heterocycles. The summed E-state index contributed by atoms with van der Waals surface area (Å²) in [6.45, 7) is 6.28. The van der Waals surface area contributed by atoms with Crippen molar-refractivity contribution in [3.8, 4) is 5.88 Å². The molecule has 1 aromatic heterocycles. The Morgan fingerprint density at radius 1 is 1.69 bits per heavy atom. The summed E-state index contributed by atoms with van der Waals surface area (Å²) in [6, 6.07) is 3.14. The van der Waals surface area contributed by atoms with Gasteiger partial charge in [-0.15, -0.1) is 6.58 Å². The highest BCUT2D eigenvalue weighted by Gasteiger charge is 2.06. The molecule has 0 aliphatic carbocycles. The van der Waals surface area contributed by atoms with Gasteiger partial charge >= 0.3 is 6.03 Å². The molecule has 2 N–H and O–H groups in total. The molecule has 5 nitrogen and oxygen atoms in total. The number of urea groups is 1. The van der Waals surface area contributed by atoms with Gasteiger partial charge in [-0.25, -0.2) is 9.78 Å². The Morgan fingerprint density at radius 3 is 3.19 bits per heavy atom. The van der Waals surface area contributed by atoms with Crippen LogP contribution in [-0.2, 0) is 0 Å². The van der Waals surface area contributed by atoms with Gasteiger partial charge in [-0.2, -0.15) is 0 Å². The molecule has 0 bridgehead atoms. The highest BCUT2D eigenvalue weighted by Crippen LogP contribution is 2.19. The van der Waals surface area contributed by atoms with Crippen molar-refractivity contribution < 1.29 is 9.53 Å². The third-order valence-electron chi connectivity index (χ3n) is 1.71. The number of hydrogen-bond donors (Lipinski definition) is 2. The molecule has 0 saturated heterocycles. The molecule has 0 aliphatic rings. The van der Waals surface area contributed by atoms with E-state index in [4.69, 9.17) is 4.74 Å². The third kappa shape index (κ3) is 3.61. The maximum Gasteiger partial charge on any atom is 0.319 e. The smallest absolute Gasteiger partial charge is 0.319 e. The number of aromatic nitrogens is 1. The van der Waals surface area contributed by atoms with Gasteiger partial charge in [0, 0.05) is 12.7 Å². The van der Waals surface area contributed by atoms with Crippen molar-refractivity contribution in [2.75, 3.05) is 18.5 Å². The Labute approximate surface area is 94.5 Å². The number of rotatable bonds is 5. The molecule has 0 spiro atoms. The SMILES string of the molecule is C=CCNC(=O)Nc1cccnc1OCC. The Hall–Kier alpha value is -2.04. The predicted molar refractivity (Wildman–Crippen MR) is 62.6 cm³/mol. The van der Waals surface area contributed by atoms with Crippen molar-refractivity contribution in [1.29, 1.82) is 0 Å². The standard InChI is InChI=1S/C11H15N3O2/c1-3-7-13-11(15)14-9-6-5-8-12-10(9)16-4-2/h3,5-6,8H,1,4,7H2,2H3,(H2,13,14,15). The number of nitrogens with zero attached hydrogens (tertiary/aromatic N) is 1. The Bertz CT molecular complexity index is 366. The van der Waals surface area contributed by atoms with E-state index in [0.29, 0.717) is 24.7 Å². The molecule has 16 heavy (non-hydrogen) atoms. The van der Waals surface area contributed by atoms with Gasteiger partial charge in [0.15, 0.2) is 0 Å². The van der Waals surface area contributed by atoms with Crippen molar-refractivity contribution in [2.45, 2.75) is 6.92 Å². The summed E-state index contributed by atoms with van der Waals surface area (Å²) in [4.78, 5) is 15.4. The zero-order chi connectivity index (χ0) is 11.8. The number of anilines is 1. The highest BCUT2D eigenvalue weighted by molar-refractivity contribution is 5.90. The molecule has 0 saturated carbocycles. The first-order valence-electron chi connectivity index (χ1n) is 5.01. The van der Waals surface area contributed by atoms with Crippen LogP contribution in [0.25, 0.3) is 0 Å². The van der Waals surface area contributed by atoms with Gasteiger partial charge in [-0.3, -0.25) is 0 Å². The average Bonchev–Trinajstić information content (AvgIpc) is 2.29. The van der Waals surface area contributed by atoms with Gasteiger partial charge in [0.25, 0.3) is 0 Å². The van der Waals surface area contributed by atoms with Crippen molar-refractivity contribution >= 4 is 11.7 Å². The fraction of sp³-hybridized carbons (Fsp3) is 0.273. The van der Waals surface area contributed by atoms with E-state index < -0.39 is 0 Å². The number of hydrogen-bond acceptors (Lipinski definition) is 3. The van der Waals surface area contributed by atoms with Crippen LogP contribution in [0.1, 0.15) is 6.92 Å². The lowest BCUT2D eigenvalue weighted by molar-refractivity contribution is 0.252. The van der Waals surface area contributed by atoms with Crippen LogP contribution in [0.4, 0.5) is 10.5 Å². The number of pyridine rings is 1. The minimum atomic E-state index is -0.311. The molecule has 2 amide bonds. The van der Waals surface area contributed by atoms with Crippen LogP contribution in [0, 0.1) is 0 Å². The van der Waals surface area contributed by atoms with Crippen LogP contribution in [0.3, 0.4) is 0 Å². The summed E-state index contributed by atoms with van der Waals surface area (Å²) in [5.74, 6) is 0.416. The minimum absolute atomic E-state index is 0.311. The molecule has 0 radical (unpaired) electrons. The first kappa shape index (κ1) is 12.0. The lowest BCUT2D eigenvalue weighted by atomic mass is 10.4. The molecular weight excluding hydrogens is 206 g/mol. The molecular formula is C11H15N3O2. The minimum Gasteiger partial charge on any atom is -0.476 e. The fourth-order valence-corrected chi connectivity index (χ4v) is 1.07. The van der Waals surface area contributed by atoms with Crippen molar-refractivity contribution in [1.82, 2.24) is 10.3 Å². The Morgan fingerprint density at radius 2 is 2.50 bits per heavy atom. The van der Waals surface area contributed by atoms with Crippen molar-refractivity contribution in [3.63, 3.8) is 0 Å². The van der Waals surface area contributed by atoms with Gasteiger partial charge in [0.1, 0.15) is 5.69 Å². The maximum atomic E-state index is 11.4. The molecule has 1 heterocycles. The van der Waals surface area contributed by atoms with Crippen LogP contribution < -0.4 is 15.4 Å². The largest absolute Gasteiger partial charge is 0.476 e. The number of nitrogens with one attached hydrogen (secondary N) is 2. The zero-order valence-electron chi connectivity index (χ0n) is 9.19. The fourth-order valence-electron chi connectivity index (χ4n) is 1.07. The van der Waals surface area contributed by atoms with Crippen LogP contribution >= 0.6 is 0 Å². The maximum absolute atomic E-state index is 11.4. The van der Waals surface area contributed by atoms with E-state index in [1.165, 1.54) is 0 Å². The lowest BCUT2D eigenvalue weighted by Gasteiger charge is -2.09. The van der Waals surface area contributed by atoms with E-state index in [1.54, 1.807) is 24.4 Å². The van der Waals surface area contributed by atoms with Gasteiger partial charge in [0.2, 0.25) is 5.88 Å². The molecule has 0 aromatic carbocycles. The van der Waals surface area contributed by atoms with Gasteiger partial charge in [-0.1, -0.05) is 6.08 Å². The molecule has 1 aromatic rings. The summed E-state index contributed by atoms with van der Waals surface area (Å²) in [5, 5.41) is 5.24. The van der Waals surface area contributed by atoms with Crippen LogP contribution in [0.5, 0.6) is 5.88 Å². The molecule has 86 valence electrons. The summed E-state index contributed by atoms with van der Waals surface area (Å²) in [6.07, 6.45) is 3.21. The molecule has 0 atom stereocenters. The average molecular weight is 221 g/mol. The molecule has 1 rings (SSSR count). The number of carbonyl (C=O) groups excluding carboxylic acids is 1. The van der Waals surface area contributed by atoms with Crippen LogP contribution in [-0.4, -0.2) is 24.2 Å². The number of ether oxygens (including phenoxy) is 1. The lowest BCUT2D eigenvalue weighted by Crippen LogP contribution is -2.28. The second-order valence-electron chi connectivity index (χ2n) is 2.91. The highest BCUT2D eigenvalue weighted by atomic mass is 16.5. The van der Waals surface area contributed by atoms with E-state index in [9.17, 15) is 4.79 Å². The molecule has 5 heteroatoms. The summed E-state index contributed by atoms with van der Waals surface area (Å²) in [5.41, 5.74) is 0.547. The predicted octanol–water partition coefficient (Wildman–Crippen LogP) is 1.79. The Kier molecular flexibility index (Phi) is 4.85. The van der Waals surface area contributed by atoms with E-state index >= 15 is 0 Å². The Balaban J connectivity index is 2.64. The van der Waals surface area contributed by atoms with Crippen LogP contribution in [0.2, 0.25) is 0 Å². The van der Waals surface area contributed by atoms with E-state index in [1.807, 2.05) is 6.92 Å². The monoisotopic (exact) mass is 221 g/mol. The van der Waals surface area contributed by atoms with E-state index in [2.05, 4.69) is 22.2 Å². The quantitative estimate of drug-likeness (QED) is 0.745. The summed E-state index contributed by atoms with van der Waals surface area (Å²) >= 11 is 0. The second kappa shape index (κ2) is 6.44.